The van der Waals surface area contributed by atoms with E-state index in [9.17, 15) is 14.4 Å². The number of halogens is 1. The maximum atomic E-state index is 12.8. The van der Waals surface area contributed by atoms with Crippen LogP contribution in [0.4, 0.5) is 0 Å². The Bertz CT molecular complexity index is 1230. The summed E-state index contributed by atoms with van der Waals surface area (Å²) in [5.41, 5.74) is 1.18. The molecule has 9 heteroatoms. The normalized spacial score (nSPS) is 15.0. The Morgan fingerprint density at radius 2 is 1.84 bits per heavy atom. The van der Waals surface area contributed by atoms with Crippen molar-refractivity contribution in [1.82, 2.24) is 24.1 Å². The lowest BCUT2D eigenvalue weighted by molar-refractivity contribution is -0.132. The van der Waals surface area contributed by atoms with Gasteiger partial charge < -0.3 is 14.4 Å². The molecule has 3 heterocycles. The van der Waals surface area contributed by atoms with Crippen molar-refractivity contribution in [2.75, 3.05) is 33.2 Å². The van der Waals surface area contributed by atoms with Crippen molar-refractivity contribution in [1.29, 1.82) is 0 Å². The summed E-state index contributed by atoms with van der Waals surface area (Å²) in [4.78, 5) is 42.1. The van der Waals surface area contributed by atoms with Gasteiger partial charge in [-0.15, -0.1) is 0 Å². The van der Waals surface area contributed by atoms with Crippen LogP contribution in [0.5, 0.6) is 0 Å². The third-order valence-electron chi connectivity index (χ3n) is 5.95. The summed E-state index contributed by atoms with van der Waals surface area (Å²) in [6.45, 7) is 5.39. The first-order valence-corrected chi connectivity index (χ1v) is 10.8. The van der Waals surface area contributed by atoms with Crippen molar-refractivity contribution in [2.45, 2.75) is 26.3 Å². The maximum absolute atomic E-state index is 12.8. The number of nitrogens with one attached hydrogen (secondary N) is 1. The van der Waals surface area contributed by atoms with E-state index in [0.29, 0.717) is 46.7 Å². The monoisotopic (exact) mass is 443 g/mol. The number of aromatic nitrogens is 3. The van der Waals surface area contributed by atoms with Gasteiger partial charge in [0.2, 0.25) is 5.91 Å². The molecule has 0 spiro atoms. The van der Waals surface area contributed by atoms with Crippen molar-refractivity contribution in [2.24, 2.45) is 0 Å². The fraction of sp³-hybridized carbons (Fsp3) is 0.409. The first-order valence-electron chi connectivity index (χ1n) is 10.4. The molecule has 1 saturated heterocycles. The van der Waals surface area contributed by atoms with E-state index in [1.807, 2.05) is 18.0 Å². The molecule has 31 heavy (non-hydrogen) atoms. The number of H-pyrrole nitrogens is 1. The van der Waals surface area contributed by atoms with Crippen molar-refractivity contribution < 1.29 is 4.79 Å². The Hall–Kier alpha value is -2.84. The molecule has 0 atom stereocenters. The number of piperazine rings is 1. The zero-order valence-electron chi connectivity index (χ0n) is 17.7. The summed E-state index contributed by atoms with van der Waals surface area (Å²) in [5, 5.41) is 3.71. The number of likely N-dealkylation sites (N-methyl/N-ethyl adjacent to an activating group) is 1. The maximum Gasteiger partial charge on any atom is 0.274 e. The van der Waals surface area contributed by atoms with Gasteiger partial charge >= 0.3 is 0 Å². The second kappa shape index (κ2) is 8.72. The van der Waals surface area contributed by atoms with E-state index in [1.165, 1.54) is 6.07 Å². The highest BCUT2D eigenvalue weighted by atomic mass is 35.5. The molecule has 1 aliphatic rings. The number of hydrogen-bond donors (Lipinski definition) is 1. The van der Waals surface area contributed by atoms with Crippen LogP contribution in [0.1, 0.15) is 18.5 Å². The number of pyridine rings is 1. The van der Waals surface area contributed by atoms with Gasteiger partial charge in [0.1, 0.15) is 0 Å². The van der Waals surface area contributed by atoms with Gasteiger partial charge in [0.15, 0.2) is 0 Å². The molecule has 4 rings (SSSR count). The van der Waals surface area contributed by atoms with Gasteiger partial charge in [-0.25, -0.2) is 0 Å². The van der Waals surface area contributed by atoms with Gasteiger partial charge in [-0.1, -0.05) is 23.7 Å². The van der Waals surface area contributed by atoms with Gasteiger partial charge in [0, 0.05) is 50.9 Å². The van der Waals surface area contributed by atoms with Gasteiger partial charge in [-0.2, -0.15) is 0 Å². The second-order valence-corrected chi connectivity index (χ2v) is 8.40. The summed E-state index contributed by atoms with van der Waals surface area (Å²) in [6.07, 6.45) is 0.922. The number of fused-ring (bicyclic) bond motifs is 1. The van der Waals surface area contributed by atoms with E-state index in [2.05, 4.69) is 10.00 Å². The number of rotatable bonds is 5. The number of aromatic amines is 1. The Morgan fingerprint density at radius 1 is 1.13 bits per heavy atom. The summed E-state index contributed by atoms with van der Waals surface area (Å²) < 4.78 is 3.13. The first kappa shape index (κ1) is 21.4. The SMILES string of the molecule is Cc1c2c(=O)[nH]n(-c3ccccc3Cl)c2cc(=O)n1CCCC(=O)N1CCN(C)CC1. The molecule has 0 aliphatic carbocycles. The third-order valence-corrected chi connectivity index (χ3v) is 6.27. The molecule has 1 fully saturated rings. The number of carbonyl (C=O) groups is 1. The lowest BCUT2D eigenvalue weighted by Crippen LogP contribution is -2.47. The summed E-state index contributed by atoms with van der Waals surface area (Å²) >= 11 is 6.28. The van der Waals surface area contributed by atoms with Crippen molar-refractivity contribution in [3.63, 3.8) is 0 Å². The molecule has 1 aromatic carbocycles. The standard InChI is InChI=1S/C22H26ClN5O3/c1-15-21-18(28(24-22(21)31)17-7-4-3-6-16(17)23)14-20(30)27(15)9-5-8-19(29)26-12-10-25(2)11-13-26/h3-4,6-7,14H,5,8-13H2,1-2H3,(H,24,31). The molecule has 1 N–H and O–H groups in total. The van der Waals surface area contributed by atoms with Crippen molar-refractivity contribution >= 4 is 28.4 Å². The van der Waals surface area contributed by atoms with Crippen LogP contribution < -0.4 is 11.1 Å². The Morgan fingerprint density at radius 3 is 2.55 bits per heavy atom. The Labute approximate surface area is 184 Å². The van der Waals surface area contributed by atoms with Crippen LogP contribution in [-0.4, -0.2) is 63.3 Å². The molecule has 1 amide bonds. The minimum atomic E-state index is -0.283. The summed E-state index contributed by atoms with van der Waals surface area (Å²) in [7, 11) is 2.05. The summed E-state index contributed by atoms with van der Waals surface area (Å²) in [6, 6.07) is 8.58. The molecule has 3 aromatic rings. The third kappa shape index (κ3) is 4.18. The van der Waals surface area contributed by atoms with Crippen molar-refractivity contribution in [3.05, 3.63) is 61.8 Å². The number of amides is 1. The highest BCUT2D eigenvalue weighted by Gasteiger charge is 2.20. The predicted molar refractivity (Wildman–Crippen MR) is 121 cm³/mol. The number of para-hydroxylation sites is 1. The highest BCUT2D eigenvalue weighted by molar-refractivity contribution is 6.32. The Balaban J connectivity index is 1.57. The number of nitrogens with zero attached hydrogens (tertiary/aromatic N) is 4. The van der Waals surface area contributed by atoms with Crippen LogP contribution >= 0.6 is 11.6 Å². The highest BCUT2D eigenvalue weighted by Crippen LogP contribution is 2.23. The quantitative estimate of drug-likeness (QED) is 0.653. The van der Waals surface area contributed by atoms with Crippen molar-refractivity contribution in [3.8, 4) is 5.69 Å². The van der Waals surface area contributed by atoms with Crippen LogP contribution in [0.15, 0.2) is 39.9 Å². The zero-order chi connectivity index (χ0) is 22.1. The Kier molecular flexibility index (Phi) is 6.02. The zero-order valence-corrected chi connectivity index (χ0v) is 18.5. The fourth-order valence-electron chi connectivity index (χ4n) is 4.13. The minimum absolute atomic E-state index is 0.114. The minimum Gasteiger partial charge on any atom is -0.340 e. The molecule has 0 bridgehead atoms. The van der Waals surface area contributed by atoms with Gasteiger partial charge in [0.05, 0.1) is 21.6 Å². The number of carbonyl (C=O) groups excluding carboxylic acids is 1. The average molecular weight is 444 g/mol. The number of aryl methyl sites for hydroxylation is 1. The van der Waals surface area contributed by atoms with Gasteiger partial charge in [-0.3, -0.25) is 24.2 Å². The van der Waals surface area contributed by atoms with Crippen LogP contribution in [-0.2, 0) is 11.3 Å². The second-order valence-electron chi connectivity index (χ2n) is 8.00. The first-order chi connectivity index (χ1) is 14.9. The van der Waals surface area contributed by atoms with Gasteiger partial charge in [0.25, 0.3) is 11.1 Å². The average Bonchev–Trinajstić information content (AvgIpc) is 3.07. The van der Waals surface area contributed by atoms with E-state index in [0.717, 1.165) is 26.2 Å². The molecule has 0 saturated carbocycles. The van der Waals surface area contributed by atoms with Crippen LogP contribution in [0, 0.1) is 6.92 Å². The number of hydrogen-bond acceptors (Lipinski definition) is 4. The molecule has 0 unspecified atom stereocenters. The van der Waals surface area contributed by atoms with Crippen LogP contribution in [0.3, 0.4) is 0 Å². The van der Waals surface area contributed by atoms with E-state index >= 15 is 0 Å². The summed E-state index contributed by atoms with van der Waals surface area (Å²) in [5.74, 6) is 0.114. The molecule has 0 radical (unpaired) electrons. The lowest BCUT2D eigenvalue weighted by Gasteiger charge is -2.32. The molecule has 1 aliphatic heterocycles. The predicted octanol–water partition coefficient (Wildman–Crippen LogP) is 2.00. The lowest BCUT2D eigenvalue weighted by atomic mass is 10.2. The molecular weight excluding hydrogens is 418 g/mol. The fourth-order valence-corrected chi connectivity index (χ4v) is 4.35. The largest absolute Gasteiger partial charge is 0.340 e. The van der Waals surface area contributed by atoms with Crippen LogP contribution in [0.25, 0.3) is 16.6 Å². The van der Waals surface area contributed by atoms with E-state index in [1.54, 1.807) is 34.4 Å². The molecule has 2 aromatic heterocycles. The molecule has 164 valence electrons. The van der Waals surface area contributed by atoms with E-state index < -0.39 is 0 Å². The molecular formula is C22H26ClN5O3. The van der Waals surface area contributed by atoms with E-state index in [4.69, 9.17) is 11.6 Å². The topological polar surface area (TPSA) is 83.3 Å². The van der Waals surface area contributed by atoms with Crippen LogP contribution in [0.2, 0.25) is 5.02 Å². The smallest absolute Gasteiger partial charge is 0.274 e. The number of benzene rings is 1. The molecule has 8 nitrogen and oxygen atoms in total. The van der Waals surface area contributed by atoms with E-state index in [-0.39, 0.29) is 17.0 Å². The van der Waals surface area contributed by atoms with Gasteiger partial charge in [-0.05, 0) is 32.5 Å².